The summed E-state index contributed by atoms with van der Waals surface area (Å²) in [6.07, 6.45) is 1.98. The lowest BCUT2D eigenvalue weighted by molar-refractivity contribution is -0.149. The Hall–Kier alpha value is -1.39. The molecule has 4 nitrogen and oxygen atoms in total. The molecular formula is C16H23N3O. The molecule has 2 fully saturated rings. The molecule has 1 aromatic carbocycles. The van der Waals surface area contributed by atoms with E-state index in [1.165, 1.54) is 5.56 Å². The normalized spacial score (nSPS) is 21.8. The number of benzene rings is 1. The molecule has 3 rings (SSSR count). The Morgan fingerprint density at radius 2 is 1.95 bits per heavy atom. The van der Waals surface area contributed by atoms with Gasteiger partial charge in [-0.2, -0.15) is 0 Å². The van der Waals surface area contributed by atoms with Crippen LogP contribution in [0.15, 0.2) is 30.3 Å². The molecule has 0 bridgehead atoms. The van der Waals surface area contributed by atoms with E-state index in [-0.39, 0.29) is 11.3 Å². The molecule has 1 aromatic rings. The summed E-state index contributed by atoms with van der Waals surface area (Å²) in [5.41, 5.74) is 1.30. The molecule has 1 N–H and O–H groups in total. The van der Waals surface area contributed by atoms with Gasteiger partial charge in [-0.3, -0.25) is 4.79 Å². The second kappa shape index (κ2) is 5.54. The number of hydrogen-bond acceptors (Lipinski definition) is 3. The van der Waals surface area contributed by atoms with Gasteiger partial charge in [0, 0.05) is 32.7 Å². The lowest BCUT2D eigenvalue weighted by atomic mass is 9.73. The van der Waals surface area contributed by atoms with Crippen LogP contribution in [0.2, 0.25) is 0 Å². The van der Waals surface area contributed by atoms with E-state index in [0.29, 0.717) is 0 Å². The van der Waals surface area contributed by atoms with Crippen LogP contribution in [0.5, 0.6) is 0 Å². The Morgan fingerprint density at radius 3 is 2.45 bits per heavy atom. The predicted octanol–water partition coefficient (Wildman–Crippen LogP) is 1.64. The number of hydrogen-bond donors (Lipinski definition) is 1. The van der Waals surface area contributed by atoms with Gasteiger partial charge in [0.15, 0.2) is 0 Å². The first-order valence-corrected chi connectivity index (χ1v) is 7.55. The van der Waals surface area contributed by atoms with E-state index in [9.17, 15) is 4.79 Å². The smallest absolute Gasteiger partial charge is 0.228 e. The molecule has 1 spiro atoms. The van der Waals surface area contributed by atoms with Crippen LogP contribution in [0.4, 0.5) is 0 Å². The molecule has 2 heterocycles. The minimum atomic E-state index is -0.0390. The zero-order valence-corrected chi connectivity index (χ0v) is 12.1. The first kappa shape index (κ1) is 13.6. The van der Waals surface area contributed by atoms with Crippen molar-refractivity contribution in [3.8, 4) is 0 Å². The summed E-state index contributed by atoms with van der Waals surface area (Å²) in [7, 11) is 0. The van der Waals surface area contributed by atoms with E-state index in [2.05, 4.69) is 52.6 Å². The molecule has 4 heteroatoms. The fourth-order valence-electron chi connectivity index (χ4n) is 3.23. The Balaban J connectivity index is 1.59. The molecule has 2 aliphatic heterocycles. The molecule has 2 aliphatic rings. The van der Waals surface area contributed by atoms with Gasteiger partial charge in [-0.15, -0.1) is 0 Å². The summed E-state index contributed by atoms with van der Waals surface area (Å²) < 4.78 is 0. The zero-order valence-electron chi connectivity index (χ0n) is 12.1. The Morgan fingerprint density at radius 1 is 1.25 bits per heavy atom. The van der Waals surface area contributed by atoms with Crippen molar-refractivity contribution in [3.05, 3.63) is 35.9 Å². The maximum Gasteiger partial charge on any atom is 0.228 e. The van der Waals surface area contributed by atoms with Gasteiger partial charge in [-0.1, -0.05) is 37.3 Å². The van der Waals surface area contributed by atoms with Crippen molar-refractivity contribution in [2.75, 3.05) is 26.2 Å². The van der Waals surface area contributed by atoms with E-state index in [4.69, 9.17) is 0 Å². The van der Waals surface area contributed by atoms with Gasteiger partial charge < -0.3 is 5.32 Å². The Labute approximate surface area is 120 Å². The van der Waals surface area contributed by atoms with Gasteiger partial charge >= 0.3 is 0 Å². The first-order valence-electron chi connectivity index (χ1n) is 7.55. The van der Waals surface area contributed by atoms with Crippen LogP contribution in [0, 0.1) is 5.41 Å². The third kappa shape index (κ3) is 2.45. The maximum absolute atomic E-state index is 11.7. The van der Waals surface area contributed by atoms with Crippen LogP contribution in [0.1, 0.15) is 25.3 Å². The molecule has 1 amide bonds. The number of carbonyl (C=O) groups excluding carboxylic acids is 1. The average Bonchev–Trinajstić information content (AvgIpc) is 2.52. The molecule has 0 aliphatic carbocycles. The summed E-state index contributed by atoms with van der Waals surface area (Å²) in [6.45, 7) is 7.03. The van der Waals surface area contributed by atoms with E-state index in [1.807, 2.05) is 0 Å². The van der Waals surface area contributed by atoms with Gasteiger partial charge in [-0.05, 0) is 18.4 Å². The first-order chi connectivity index (χ1) is 9.73. The highest BCUT2D eigenvalue weighted by molar-refractivity contribution is 5.88. The SMILES string of the molecule is CCN(Cc1ccccc1)N1CCC2(CC1)CNC2=O. The second-order valence-corrected chi connectivity index (χ2v) is 5.88. The van der Waals surface area contributed by atoms with Crippen LogP contribution in [0.3, 0.4) is 0 Å². The lowest BCUT2D eigenvalue weighted by Crippen LogP contribution is -2.64. The molecule has 0 atom stereocenters. The van der Waals surface area contributed by atoms with Crippen LogP contribution >= 0.6 is 0 Å². The number of amides is 1. The third-order valence-electron chi connectivity index (χ3n) is 4.74. The predicted molar refractivity (Wildman–Crippen MR) is 78.8 cm³/mol. The fraction of sp³-hybridized carbons (Fsp3) is 0.562. The highest BCUT2D eigenvalue weighted by Gasteiger charge is 2.48. The third-order valence-corrected chi connectivity index (χ3v) is 4.74. The number of nitrogens with zero attached hydrogens (tertiary/aromatic N) is 2. The van der Waals surface area contributed by atoms with Gasteiger partial charge in [-0.25, -0.2) is 10.0 Å². The molecule has 20 heavy (non-hydrogen) atoms. The van der Waals surface area contributed by atoms with Crippen molar-refractivity contribution in [3.63, 3.8) is 0 Å². The number of rotatable bonds is 4. The number of nitrogens with one attached hydrogen (secondary N) is 1. The number of piperidine rings is 1. The Kier molecular flexibility index (Phi) is 3.76. The largest absolute Gasteiger partial charge is 0.354 e. The molecular weight excluding hydrogens is 250 g/mol. The molecule has 0 radical (unpaired) electrons. The van der Waals surface area contributed by atoms with E-state index in [0.717, 1.165) is 45.6 Å². The van der Waals surface area contributed by atoms with Crippen LogP contribution in [0.25, 0.3) is 0 Å². The summed E-state index contributed by atoms with van der Waals surface area (Å²) >= 11 is 0. The Bertz CT molecular complexity index is 466. The van der Waals surface area contributed by atoms with Crippen molar-refractivity contribution in [2.24, 2.45) is 5.41 Å². The molecule has 2 saturated heterocycles. The monoisotopic (exact) mass is 273 g/mol. The summed E-state index contributed by atoms with van der Waals surface area (Å²) in [5.74, 6) is 0.267. The van der Waals surface area contributed by atoms with Crippen molar-refractivity contribution in [1.29, 1.82) is 0 Å². The quantitative estimate of drug-likeness (QED) is 0.847. The van der Waals surface area contributed by atoms with Crippen molar-refractivity contribution in [2.45, 2.75) is 26.3 Å². The highest BCUT2D eigenvalue weighted by Crippen LogP contribution is 2.36. The summed E-state index contributed by atoms with van der Waals surface area (Å²) in [5, 5.41) is 7.72. The molecule has 0 aromatic heterocycles. The minimum Gasteiger partial charge on any atom is -0.354 e. The molecule has 0 saturated carbocycles. The molecule has 0 unspecified atom stereocenters. The van der Waals surface area contributed by atoms with Crippen molar-refractivity contribution >= 4 is 5.91 Å². The van der Waals surface area contributed by atoms with E-state index >= 15 is 0 Å². The summed E-state index contributed by atoms with van der Waals surface area (Å²) in [4.78, 5) is 11.7. The second-order valence-electron chi connectivity index (χ2n) is 5.88. The van der Waals surface area contributed by atoms with Crippen LogP contribution in [-0.4, -0.2) is 42.1 Å². The zero-order chi connectivity index (χ0) is 14.0. The minimum absolute atomic E-state index is 0.0390. The molecule has 108 valence electrons. The van der Waals surface area contributed by atoms with E-state index in [1.54, 1.807) is 0 Å². The van der Waals surface area contributed by atoms with Gasteiger partial charge in [0.1, 0.15) is 0 Å². The number of β-lactam (4-membered cyclic amide) rings is 1. The van der Waals surface area contributed by atoms with Gasteiger partial charge in [0.25, 0.3) is 0 Å². The maximum atomic E-state index is 11.7. The van der Waals surface area contributed by atoms with Crippen molar-refractivity contribution in [1.82, 2.24) is 15.3 Å². The fourth-order valence-corrected chi connectivity index (χ4v) is 3.23. The van der Waals surface area contributed by atoms with Crippen molar-refractivity contribution < 1.29 is 4.79 Å². The van der Waals surface area contributed by atoms with Crippen LogP contribution in [-0.2, 0) is 11.3 Å². The van der Waals surface area contributed by atoms with Gasteiger partial charge in [0.2, 0.25) is 5.91 Å². The van der Waals surface area contributed by atoms with E-state index < -0.39 is 0 Å². The summed E-state index contributed by atoms with van der Waals surface area (Å²) in [6, 6.07) is 10.6. The number of carbonyl (C=O) groups is 1. The average molecular weight is 273 g/mol. The lowest BCUT2D eigenvalue weighted by Gasteiger charge is -2.48. The van der Waals surface area contributed by atoms with Crippen LogP contribution < -0.4 is 5.32 Å². The van der Waals surface area contributed by atoms with Gasteiger partial charge in [0.05, 0.1) is 5.41 Å². The topological polar surface area (TPSA) is 35.6 Å². The number of hydrazine groups is 1. The highest BCUT2D eigenvalue weighted by atomic mass is 16.2. The standard InChI is InChI=1S/C16H23N3O/c1-2-18(12-14-6-4-3-5-7-14)19-10-8-16(9-11-19)13-17-15(16)20/h3-7H,2,8-13H2,1H3,(H,17,20).